The molecular formula is C69H110ClF3N12O12. The molecule has 0 aromatic heterocycles. The number of piperidine rings is 1. The Labute approximate surface area is 576 Å². The molecule has 28 heteroatoms. The molecular weight excluding hydrogens is 1280 g/mol. The average Bonchev–Trinajstić information content (AvgIpc) is 1.70. The summed E-state index contributed by atoms with van der Waals surface area (Å²) in [6.07, 6.45) is 1.86. The van der Waals surface area contributed by atoms with Gasteiger partial charge in [0.15, 0.2) is 0 Å². The molecule has 546 valence electrons. The standard InChI is InChI=1S/C69H110ClF3N12O12/c1-14-42(6)55-64(94)78(9)43(7)60(90)85-35-29-50(85)62(92)81(12)57(45-22-20-23-45)65(95)77(8)39-53(86)74-48(28-26-44-25-27-46(47(70)37-44)69(71,72)73)61(91)84-34-21-24-49(84)59(89)76-68(30-16-17-31-68)67(97)82(13)56(41(4)5)66(96)80(11)52(63(93)83-32-18-15-19-33-83)38-54(87)79(10)51(36-40(2)3)58(88)75-55/h40-52,55-57H,14-39H2,1-13H3,(H,74,86)(H,75,88)(H,76,89)/t42-,43-,44?,46?,47?,48-,49-,50-,51-,52-,55-,56-,57-/m0/s1. The molecule has 24 nitrogen and oxygen atoms in total. The van der Waals surface area contributed by atoms with Crippen LogP contribution in [0.3, 0.4) is 0 Å². The molecule has 3 unspecified atom stereocenters. The lowest BCUT2D eigenvalue weighted by atomic mass is 9.78. The van der Waals surface area contributed by atoms with Crippen LogP contribution in [0.4, 0.5) is 13.2 Å². The van der Waals surface area contributed by atoms with E-state index in [2.05, 4.69) is 16.0 Å². The molecule has 13 atom stereocenters. The van der Waals surface area contributed by atoms with Gasteiger partial charge in [-0.15, -0.1) is 11.6 Å². The molecule has 3 saturated carbocycles. The van der Waals surface area contributed by atoms with Gasteiger partial charge in [0.2, 0.25) is 70.9 Å². The van der Waals surface area contributed by atoms with E-state index < -0.39 is 173 Å². The molecule has 0 aromatic carbocycles. The Morgan fingerprint density at radius 3 is 1.82 bits per heavy atom. The zero-order valence-corrected chi connectivity index (χ0v) is 60.3. The summed E-state index contributed by atoms with van der Waals surface area (Å²) in [7, 11) is 8.62. The largest absolute Gasteiger partial charge is 0.393 e. The summed E-state index contributed by atoms with van der Waals surface area (Å²) < 4.78 is 41.9. The van der Waals surface area contributed by atoms with Gasteiger partial charge in [-0.05, 0) is 139 Å². The van der Waals surface area contributed by atoms with Gasteiger partial charge in [0, 0.05) is 73.8 Å². The molecule has 0 bridgehead atoms. The fourth-order valence-corrected chi connectivity index (χ4v) is 16.2. The topological polar surface area (TPSA) is 270 Å². The van der Waals surface area contributed by atoms with Crippen LogP contribution >= 0.6 is 11.6 Å². The van der Waals surface area contributed by atoms with Crippen LogP contribution in [-0.2, 0) is 57.5 Å². The normalized spacial score (nSPS) is 31.3. The SMILES string of the molecule is CC[C@H](C)[C@@H]1NC(=O)[C@H](CC(C)C)N(C)C(=O)C[C@@H](C(=O)N2CCCCC2)N(C)C(=O)[C@H](C(C)C)N(C)C(=O)C2(CCCC2)NC(=O)[C@@H]2CCCN2C(=O)[C@H](CCC2CCC(C(F)(F)F)C(Cl)C2)NC(=O)CN(C)C(=O)[C@H](C2CCC2)N(C)C(=O)[C@@H]2CCN2C(=O)[C@H](C)N(C)C1=O. The van der Waals surface area contributed by atoms with E-state index in [9.17, 15) is 51.5 Å². The van der Waals surface area contributed by atoms with Crippen LogP contribution in [0.5, 0.6) is 0 Å². The number of nitrogens with one attached hydrogen (secondary N) is 3. The summed E-state index contributed by atoms with van der Waals surface area (Å²) in [5, 5.41) is 7.57. The van der Waals surface area contributed by atoms with Gasteiger partial charge >= 0.3 is 6.18 Å². The van der Waals surface area contributed by atoms with Crippen molar-refractivity contribution in [2.24, 2.45) is 35.5 Å². The first-order chi connectivity index (χ1) is 45.6. The number of rotatable bonds is 10. The maximum Gasteiger partial charge on any atom is 0.393 e. The maximum atomic E-state index is 15.4. The highest BCUT2D eigenvalue weighted by Gasteiger charge is 2.53. The summed E-state index contributed by atoms with van der Waals surface area (Å²) in [6.45, 7) is 12.7. The molecule has 4 saturated heterocycles. The minimum Gasteiger partial charge on any atom is -0.343 e. The summed E-state index contributed by atoms with van der Waals surface area (Å²) in [5.74, 6) is -11.0. The summed E-state index contributed by atoms with van der Waals surface area (Å²) in [5.41, 5.74) is -1.56. The second-order valence-electron chi connectivity index (χ2n) is 29.9. The van der Waals surface area contributed by atoms with Gasteiger partial charge in [0.25, 0.3) is 0 Å². The van der Waals surface area contributed by atoms with Crippen molar-refractivity contribution in [1.29, 1.82) is 0 Å². The molecule has 3 aliphatic carbocycles. The number of carbonyl (C=O) groups is 12. The van der Waals surface area contributed by atoms with E-state index >= 15 is 19.2 Å². The Balaban J connectivity index is 1.26. The fourth-order valence-electron chi connectivity index (χ4n) is 15.7. The molecule has 97 heavy (non-hydrogen) atoms. The monoisotopic (exact) mass is 1390 g/mol. The van der Waals surface area contributed by atoms with E-state index in [0.29, 0.717) is 64.5 Å². The molecule has 1 spiro atoms. The van der Waals surface area contributed by atoms with Gasteiger partial charge in [0.05, 0.1) is 18.9 Å². The van der Waals surface area contributed by atoms with Gasteiger partial charge in [-0.2, -0.15) is 13.2 Å². The first-order valence-corrected chi connectivity index (χ1v) is 36.1. The highest BCUT2D eigenvalue weighted by atomic mass is 35.5. The summed E-state index contributed by atoms with van der Waals surface area (Å²) in [6, 6.07) is -10.7. The molecule has 7 fully saturated rings. The third kappa shape index (κ3) is 17.8. The average molecular weight is 1390 g/mol. The van der Waals surface area contributed by atoms with Gasteiger partial charge in [-0.1, -0.05) is 67.2 Å². The molecule has 4 aliphatic heterocycles. The molecule has 0 radical (unpaired) electrons. The minimum atomic E-state index is -4.51. The molecule has 7 aliphatic rings. The lowest BCUT2D eigenvalue weighted by molar-refractivity contribution is -0.182. The minimum absolute atomic E-state index is 0.00122. The number of likely N-dealkylation sites (tertiary alicyclic amines) is 1. The molecule has 0 aromatic rings. The van der Waals surface area contributed by atoms with Crippen molar-refractivity contribution in [2.45, 2.75) is 255 Å². The van der Waals surface area contributed by atoms with Crippen molar-refractivity contribution in [2.75, 3.05) is 75.0 Å². The number of nitrogens with zero attached hydrogens (tertiary/aromatic N) is 9. The van der Waals surface area contributed by atoms with Crippen molar-refractivity contribution in [3.05, 3.63) is 0 Å². The van der Waals surface area contributed by atoms with Crippen molar-refractivity contribution in [1.82, 2.24) is 60.0 Å². The summed E-state index contributed by atoms with van der Waals surface area (Å²) >= 11 is 6.38. The van der Waals surface area contributed by atoms with E-state index in [1.807, 2.05) is 20.8 Å². The Kier molecular flexibility index (Phi) is 26.8. The van der Waals surface area contributed by atoms with Crippen LogP contribution in [0, 0.1) is 35.5 Å². The fraction of sp³-hybridized carbons (Fsp3) is 0.826. The van der Waals surface area contributed by atoms with Crippen molar-refractivity contribution < 1.29 is 70.7 Å². The van der Waals surface area contributed by atoms with E-state index in [0.717, 1.165) is 17.7 Å². The van der Waals surface area contributed by atoms with Gasteiger partial charge in [0.1, 0.15) is 59.9 Å². The number of hydrogen-bond donors (Lipinski definition) is 3. The Bertz CT molecular complexity index is 2890. The molecule has 4 heterocycles. The highest BCUT2D eigenvalue weighted by molar-refractivity contribution is 6.21. The van der Waals surface area contributed by atoms with E-state index in [-0.39, 0.29) is 95.1 Å². The zero-order valence-electron chi connectivity index (χ0n) is 59.6. The number of hydrogen-bond acceptors (Lipinski definition) is 12. The Morgan fingerprint density at radius 1 is 0.629 bits per heavy atom. The van der Waals surface area contributed by atoms with Crippen LogP contribution < -0.4 is 16.0 Å². The second-order valence-corrected chi connectivity index (χ2v) is 30.5. The number of alkyl halides is 4. The van der Waals surface area contributed by atoms with Crippen molar-refractivity contribution >= 4 is 82.5 Å². The summed E-state index contributed by atoms with van der Waals surface area (Å²) in [4.78, 5) is 191. The maximum absolute atomic E-state index is 15.4. The van der Waals surface area contributed by atoms with Gasteiger partial charge in [-0.25, -0.2) is 0 Å². The van der Waals surface area contributed by atoms with Gasteiger partial charge in [-0.3, -0.25) is 57.5 Å². The van der Waals surface area contributed by atoms with Crippen LogP contribution in [0.2, 0.25) is 0 Å². The first-order valence-electron chi connectivity index (χ1n) is 35.7. The molecule has 3 N–H and O–H groups in total. The van der Waals surface area contributed by atoms with Crippen LogP contribution in [-0.4, -0.2) is 261 Å². The lowest BCUT2D eigenvalue weighted by Crippen LogP contribution is -2.65. The quantitative estimate of drug-likeness (QED) is 0.246. The predicted octanol–water partition coefficient (Wildman–Crippen LogP) is 4.92. The Morgan fingerprint density at radius 2 is 1.27 bits per heavy atom. The lowest BCUT2D eigenvalue weighted by Gasteiger charge is -2.46. The van der Waals surface area contributed by atoms with Gasteiger partial charge < -0.3 is 60.0 Å². The number of halogens is 4. The number of fused-ring (bicyclic) bond motifs is 2. The van der Waals surface area contributed by atoms with Crippen LogP contribution in [0.1, 0.15) is 183 Å². The van der Waals surface area contributed by atoms with Crippen molar-refractivity contribution in [3.8, 4) is 0 Å². The molecule has 12 amide bonds. The van der Waals surface area contributed by atoms with E-state index in [1.54, 1.807) is 25.7 Å². The Hall–Kier alpha value is -6.28. The number of carbonyl (C=O) groups excluding carboxylic acids is 12. The first kappa shape index (κ1) is 78.1. The van der Waals surface area contributed by atoms with Crippen LogP contribution in [0.25, 0.3) is 0 Å². The third-order valence-electron chi connectivity index (χ3n) is 22.5. The second kappa shape index (κ2) is 33.3. The van der Waals surface area contributed by atoms with E-state index in [4.69, 9.17) is 11.6 Å². The highest BCUT2D eigenvalue weighted by Crippen LogP contribution is 2.44. The van der Waals surface area contributed by atoms with Crippen LogP contribution in [0.15, 0.2) is 0 Å². The molecule has 7 rings (SSSR count). The zero-order chi connectivity index (χ0) is 71.9. The van der Waals surface area contributed by atoms with E-state index in [1.165, 1.54) is 83.5 Å². The van der Waals surface area contributed by atoms with Crippen molar-refractivity contribution in [3.63, 3.8) is 0 Å². The smallest absolute Gasteiger partial charge is 0.343 e. The number of likely N-dealkylation sites (N-methyl/N-ethyl adjacent to an activating group) is 6. The number of amides is 12. The third-order valence-corrected chi connectivity index (χ3v) is 23.0. The predicted molar refractivity (Wildman–Crippen MR) is 356 cm³/mol.